The number of ether oxygens (including phenoxy) is 2. The van der Waals surface area contributed by atoms with E-state index < -0.39 is 0 Å². The quantitative estimate of drug-likeness (QED) is 0.114. The Morgan fingerprint density at radius 3 is 0.892 bits per heavy atom. The lowest BCUT2D eigenvalue weighted by Gasteiger charge is -2.36. The third kappa shape index (κ3) is 13.9. The first-order chi connectivity index (χ1) is 67.2. The van der Waals surface area contributed by atoms with Gasteiger partial charge in [-0.1, -0.05) is 386 Å². The Morgan fingerprint density at radius 2 is 0.518 bits per heavy atom. The minimum atomic E-state index is -0.273. The van der Waals surface area contributed by atoms with Crippen LogP contribution in [-0.2, 0) is 21.7 Å². The van der Waals surface area contributed by atoms with E-state index in [1.807, 2.05) is 0 Å². The Bertz CT molecular complexity index is 8700. The van der Waals surface area contributed by atoms with Crippen molar-refractivity contribution in [3.8, 4) is 168 Å². The van der Waals surface area contributed by atoms with E-state index in [9.17, 15) is 0 Å². The molecule has 0 aliphatic carbocycles. The first-order valence-electron chi connectivity index (χ1n) is 49.5. The van der Waals surface area contributed by atoms with Crippen molar-refractivity contribution >= 4 is 89.8 Å². The molecule has 0 unspecified atom stereocenters. The summed E-state index contributed by atoms with van der Waals surface area (Å²) in [4.78, 5) is 0. The highest BCUT2D eigenvalue weighted by Crippen LogP contribution is 2.54. The SMILES string of the molecule is Cc1cc(C)c(-c2cc3c4c(c2)-n2c5ccc(C(C)(C)C)cc5c5cc(C(C)(C)C)cc(c52)B4c2cc(-c4cc(-c5ccc(-c6ccccc6)c(-c6cc7c8c(c6)-n6c9ccc(C(C)(C)C)cc9c9cc(C(C)(C)C)cc(c96)B8c6cc(-c8ccccc8-c8ccccc8)cc(-c8ccccc8-c8ccccc8)c6O7)c5)ccc4-c4ccccc4)cc(-c4ccccc4-c4ccccc4)c2O3)c(C)c1. The van der Waals surface area contributed by atoms with Gasteiger partial charge in [-0.15, -0.1) is 0 Å². The van der Waals surface area contributed by atoms with Gasteiger partial charge in [0.1, 0.15) is 23.0 Å². The van der Waals surface area contributed by atoms with E-state index in [1.165, 1.54) is 116 Å². The Labute approximate surface area is 817 Å². The first kappa shape index (κ1) is 85.2. The van der Waals surface area contributed by atoms with Gasteiger partial charge >= 0.3 is 0 Å². The molecule has 0 spiro atoms. The molecular formula is C133H108B2N2O2. The molecule has 6 heteroatoms. The van der Waals surface area contributed by atoms with Gasteiger partial charge in [-0.25, -0.2) is 0 Å². The van der Waals surface area contributed by atoms with Crippen molar-refractivity contribution in [2.24, 2.45) is 0 Å². The lowest BCUT2D eigenvalue weighted by atomic mass is 9.34. The molecule has 4 aliphatic heterocycles. The van der Waals surface area contributed by atoms with E-state index >= 15 is 0 Å². The van der Waals surface area contributed by atoms with Gasteiger partial charge in [-0.2, -0.15) is 0 Å². The van der Waals surface area contributed by atoms with Crippen molar-refractivity contribution in [2.45, 2.75) is 126 Å². The van der Waals surface area contributed by atoms with Gasteiger partial charge in [0, 0.05) is 55.1 Å². The second-order valence-corrected chi connectivity index (χ2v) is 43.6. The summed E-state index contributed by atoms with van der Waals surface area (Å²) in [6.45, 7) is 34.6. The van der Waals surface area contributed by atoms with Crippen LogP contribution in [0.5, 0.6) is 23.0 Å². The molecule has 0 atom stereocenters. The van der Waals surface area contributed by atoms with Gasteiger partial charge in [0.2, 0.25) is 0 Å². The Morgan fingerprint density at radius 1 is 0.216 bits per heavy atom. The Balaban J connectivity index is 0.752. The van der Waals surface area contributed by atoms with E-state index in [-0.39, 0.29) is 35.1 Å². The van der Waals surface area contributed by atoms with Crippen LogP contribution in [-0.4, -0.2) is 22.6 Å². The topological polar surface area (TPSA) is 28.3 Å². The van der Waals surface area contributed by atoms with Crippen LogP contribution in [0.4, 0.5) is 0 Å². The van der Waals surface area contributed by atoms with Crippen molar-refractivity contribution in [1.82, 2.24) is 9.13 Å². The lowest BCUT2D eigenvalue weighted by molar-refractivity contribution is 0.489. The van der Waals surface area contributed by atoms with Crippen molar-refractivity contribution in [3.05, 3.63) is 421 Å². The summed E-state index contributed by atoms with van der Waals surface area (Å²) in [7, 11) is 0. The molecule has 0 saturated carbocycles. The zero-order chi connectivity index (χ0) is 94.7. The molecule has 0 saturated heterocycles. The zero-order valence-corrected chi connectivity index (χ0v) is 81.7. The van der Waals surface area contributed by atoms with Crippen molar-refractivity contribution in [3.63, 3.8) is 0 Å². The molecule has 19 aromatic carbocycles. The molecule has 4 nitrogen and oxygen atoms in total. The fourth-order valence-electron chi connectivity index (χ4n) is 23.7. The molecule has 25 rings (SSSR count). The van der Waals surface area contributed by atoms with Crippen LogP contribution >= 0.6 is 0 Å². The molecule has 0 bridgehead atoms. The Kier molecular flexibility index (Phi) is 19.5. The molecule has 668 valence electrons. The average Bonchev–Trinajstić information content (AvgIpc) is 1.58. The number of hydrogen-bond acceptors (Lipinski definition) is 2. The highest BCUT2D eigenvalue weighted by Gasteiger charge is 2.47. The molecule has 6 heterocycles. The van der Waals surface area contributed by atoms with Crippen LogP contribution in [0.15, 0.2) is 382 Å². The standard InChI is InChI=1S/C133H108B2N2O2/c1-79-61-80(2)123(81(3)62-79)92-70-120-125-122(72-92)139-129-112(104-52-36-34-49-99(104)84-41-25-18-26-42-84)66-90(68-116(129)135(125)114-78-96(133(13,14)15)76-110-108-74-94(131(7,8)9)56-60-118(108)137(120)127(110)114)105-63-87(53-57-101(105)85-43-27-19-28-44-85)88-54-58-102(86-45-29-20-30-46-86)106(64-88)91-69-119-124-121(71-91)138-128-111(103-51-35-33-48-98(103)83-39-23-17-24-40-83)65-89(100-50-32-31-47-97(100)82-37-21-16-22-38-82)67-115(128)134(124)113-77-95(132(10,11)12)75-109-107-73-93(130(4,5)6)55-59-117(107)136(119)126(109)113/h16-78H,1-15H3. The third-order valence-electron chi connectivity index (χ3n) is 30.5. The number of benzene rings is 19. The summed E-state index contributed by atoms with van der Waals surface area (Å²) >= 11 is 0. The van der Waals surface area contributed by atoms with Crippen molar-refractivity contribution in [1.29, 1.82) is 0 Å². The fraction of sp³-hybridized carbons (Fsp3) is 0.143. The second-order valence-electron chi connectivity index (χ2n) is 43.6. The first-order valence-corrected chi connectivity index (χ1v) is 49.5. The van der Waals surface area contributed by atoms with E-state index in [0.29, 0.717) is 0 Å². The molecule has 0 amide bonds. The predicted octanol–water partition coefficient (Wildman–Crippen LogP) is 31.9. The summed E-state index contributed by atoms with van der Waals surface area (Å²) in [6, 6.07) is 146. The smallest absolute Gasteiger partial charge is 0.256 e. The number of rotatable bonds is 12. The molecular weight excluding hydrogens is 1680 g/mol. The van der Waals surface area contributed by atoms with Crippen LogP contribution in [0.25, 0.3) is 189 Å². The number of aryl methyl sites for hydroxylation is 3. The molecule has 139 heavy (non-hydrogen) atoms. The number of fused-ring (bicyclic) bond motifs is 14. The average molecular weight is 1790 g/mol. The van der Waals surface area contributed by atoms with Crippen LogP contribution in [0.2, 0.25) is 0 Å². The maximum absolute atomic E-state index is 8.26. The minimum absolute atomic E-state index is 0.0925. The molecule has 0 N–H and O–H groups in total. The fourth-order valence-corrected chi connectivity index (χ4v) is 23.7. The second kappa shape index (κ2) is 31.8. The van der Waals surface area contributed by atoms with Gasteiger partial charge in [-0.3, -0.25) is 0 Å². The maximum atomic E-state index is 8.26. The summed E-state index contributed by atoms with van der Waals surface area (Å²) < 4.78 is 21.7. The highest BCUT2D eigenvalue weighted by molar-refractivity contribution is 7.00. The molecule has 4 aliphatic rings. The predicted molar refractivity (Wildman–Crippen MR) is 592 cm³/mol. The highest BCUT2D eigenvalue weighted by atomic mass is 16.5. The van der Waals surface area contributed by atoms with Crippen LogP contribution < -0.4 is 42.3 Å². The zero-order valence-electron chi connectivity index (χ0n) is 81.7. The van der Waals surface area contributed by atoms with E-state index in [2.05, 4.69) is 495 Å². The van der Waals surface area contributed by atoms with E-state index in [0.717, 1.165) is 168 Å². The van der Waals surface area contributed by atoms with Gasteiger partial charge in [-0.05, 0) is 316 Å². The summed E-state index contributed by atoms with van der Waals surface area (Å²) in [6.07, 6.45) is 0. The molecule has 0 fully saturated rings. The lowest BCUT2D eigenvalue weighted by Crippen LogP contribution is -2.58. The normalized spacial score (nSPS) is 12.9. The number of nitrogens with zero attached hydrogens (tertiary/aromatic N) is 2. The molecule has 0 radical (unpaired) electrons. The summed E-state index contributed by atoms with van der Waals surface area (Å²) in [5.74, 6) is 3.43. The van der Waals surface area contributed by atoms with Gasteiger partial charge < -0.3 is 18.6 Å². The number of aromatic nitrogens is 2. The van der Waals surface area contributed by atoms with Crippen LogP contribution in [0.1, 0.15) is 122 Å². The van der Waals surface area contributed by atoms with Gasteiger partial charge in [0.05, 0.1) is 11.0 Å². The van der Waals surface area contributed by atoms with Gasteiger partial charge in [0.15, 0.2) is 0 Å². The third-order valence-corrected chi connectivity index (χ3v) is 30.5. The summed E-state index contributed by atoms with van der Waals surface area (Å²) in [5.41, 5.74) is 49.3. The number of hydrogen-bond donors (Lipinski definition) is 0. The summed E-state index contributed by atoms with van der Waals surface area (Å²) in [5, 5.41) is 5.03. The largest absolute Gasteiger partial charge is 0.458 e. The maximum Gasteiger partial charge on any atom is 0.256 e. The van der Waals surface area contributed by atoms with Crippen LogP contribution in [0, 0.1) is 20.8 Å². The van der Waals surface area contributed by atoms with E-state index in [1.54, 1.807) is 0 Å². The molecule has 21 aromatic rings. The van der Waals surface area contributed by atoms with E-state index in [4.69, 9.17) is 9.47 Å². The van der Waals surface area contributed by atoms with Gasteiger partial charge in [0.25, 0.3) is 13.4 Å². The Hall–Kier alpha value is -15.5. The van der Waals surface area contributed by atoms with Crippen molar-refractivity contribution < 1.29 is 9.47 Å². The van der Waals surface area contributed by atoms with Crippen molar-refractivity contribution in [2.75, 3.05) is 0 Å². The monoisotopic (exact) mass is 1790 g/mol. The van der Waals surface area contributed by atoms with Crippen LogP contribution in [0.3, 0.4) is 0 Å². The molecule has 2 aromatic heterocycles. The minimum Gasteiger partial charge on any atom is -0.458 e.